The number of nitrogens with one attached hydrogen (secondary N) is 3. The molecule has 0 rings (SSSR count). The lowest BCUT2D eigenvalue weighted by atomic mass is 9.97. The minimum absolute atomic E-state index is 0.184. The summed E-state index contributed by atoms with van der Waals surface area (Å²) in [6, 6.07) is -4.89. The monoisotopic (exact) mass is 444 g/mol. The molecule has 0 aromatic heterocycles. The number of aliphatic carboxylic acids is 1. The molecule has 0 saturated carbocycles. The summed E-state index contributed by atoms with van der Waals surface area (Å²) in [7, 11) is 0. The number of carboxylic acid groups (broad SMARTS) is 1. The molecule has 0 fully saturated rings. The van der Waals surface area contributed by atoms with Crippen LogP contribution in [-0.4, -0.2) is 64.8 Å². The van der Waals surface area contributed by atoms with E-state index in [0.29, 0.717) is 6.42 Å². The molecule has 0 radical (unpaired) electrons. The zero-order valence-electron chi connectivity index (χ0n) is 17.8. The Labute approximate surface area is 179 Å². The number of primary amides is 2. The maximum absolute atomic E-state index is 12.8. The Morgan fingerprint density at radius 1 is 0.871 bits per heavy atom. The molecule has 0 spiro atoms. The number of carbonyl (C=O) groups excluding carboxylic acids is 5. The van der Waals surface area contributed by atoms with Crippen LogP contribution >= 0.6 is 0 Å². The molecule has 0 aromatic carbocycles. The normalized spacial score (nSPS) is 15.5. The Kier molecular flexibility index (Phi) is 11.8. The maximum atomic E-state index is 12.8. The van der Waals surface area contributed by atoms with E-state index in [4.69, 9.17) is 22.3 Å². The molecule has 176 valence electrons. The van der Waals surface area contributed by atoms with Gasteiger partial charge in [0.25, 0.3) is 0 Å². The van der Waals surface area contributed by atoms with Gasteiger partial charge in [-0.25, -0.2) is 0 Å². The fraction of sp³-hybridized carbons (Fsp3) is 0.667. The fourth-order valence-corrected chi connectivity index (χ4v) is 2.46. The second-order valence-corrected chi connectivity index (χ2v) is 7.28. The third kappa shape index (κ3) is 10.4. The van der Waals surface area contributed by atoms with Gasteiger partial charge in [0.2, 0.25) is 29.5 Å². The van der Waals surface area contributed by atoms with Gasteiger partial charge >= 0.3 is 5.97 Å². The number of hydrogen-bond acceptors (Lipinski definition) is 7. The summed E-state index contributed by atoms with van der Waals surface area (Å²) in [5.41, 5.74) is 15.7. The van der Waals surface area contributed by atoms with Crippen LogP contribution in [0.4, 0.5) is 0 Å². The molecule has 10 N–H and O–H groups in total. The van der Waals surface area contributed by atoms with Gasteiger partial charge in [0.15, 0.2) is 0 Å². The number of nitrogens with two attached hydrogens (primary N) is 3. The Morgan fingerprint density at radius 2 is 1.45 bits per heavy atom. The Bertz CT molecular complexity index is 699. The van der Waals surface area contributed by atoms with Crippen molar-refractivity contribution in [2.24, 2.45) is 23.1 Å². The lowest BCUT2D eigenvalue weighted by Gasteiger charge is -2.27. The topological polar surface area (TPSA) is 237 Å². The van der Waals surface area contributed by atoms with Crippen LogP contribution in [0.15, 0.2) is 0 Å². The number of hydrogen-bond donors (Lipinski definition) is 7. The second kappa shape index (κ2) is 13.2. The molecule has 0 aromatic rings. The maximum Gasteiger partial charge on any atom is 0.325 e. The van der Waals surface area contributed by atoms with Gasteiger partial charge in [0.05, 0.1) is 12.5 Å². The molecule has 0 bridgehead atoms. The van der Waals surface area contributed by atoms with Crippen LogP contribution in [0.1, 0.15) is 46.5 Å². The van der Waals surface area contributed by atoms with Gasteiger partial charge in [-0.05, 0) is 19.3 Å². The van der Waals surface area contributed by atoms with E-state index in [0.717, 1.165) is 0 Å². The largest absolute Gasteiger partial charge is 0.480 e. The van der Waals surface area contributed by atoms with Crippen LogP contribution in [0.3, 0.4) is 0 Å². The molecule has 31 heavy (non-hydrogen) atoms. The number of amides is 5. The van der Waals surface area contributed by atoms with Crippen molar-refractivity contribution in [3.63, 3.8) is 0 Å². The van der Waals surface area contributed by atoms with Gasteiger partial charge in [-0.15, -0.1) is 0 Å². The van der Waals surface area contributed by atoms with E-state index in [9.17, 15) is 28.8 Å². The molecule has 0 aliphatic rings. The quantitative estimate of drug-likeness (QED) is 0.146. The van der Waals surface area contributed by atoms with Crippen LogP contribution < -0.4 is 33.2 Å². The molecule has 0 aliphatic carbocycles. The van der Waals surface area contributed by atoms with Gasteiger partial charge in [0, 0.05) is 6.42 Å². The van der Waals surface area contributed by atoms with Gasteiger partial charge < -0.3 is 38.3 Å². The van der Waals surface area contributed by atoms with Gasteiger partial charge in [0.1, 0.15) is 18.1 Å². The van der Waals surface area contributed by atoms with Crippen molar-refractivity contribution >= 4 is 35.5 Å². The van der Waals surface area contributed by atoms with Crippen LogP contribution in [0, 0.1) is 5.92 Å². The summed E-state index contributed by atoms with van der Waals surface area (Å²) in [5, 5.41) is 16.1. The Morgan fingerprint density at radius 3 is 1.90 bits per heavy atom. The highest BCUT2D eigenvalue weighted by Crippen LogP contribution is 2.10. The third-order valence-electron chi connectivity index (χ3n) is 4.59. The number of carbonyl (C=O) groups is 6. The molecule has 5 amide bonds. The van der Waals surface area contributed by atoms with E-state index in [1.807, 2.05) is 0 Å². The predicted molar refractivity (Wildman–Crippen MR) is 109 cm³/mol. The van der Waals surface area contributed by atoms with E-state index < -0.39 is 66.1 Å². The lowest BCUT2D eigenvalue weighted by Crippen LogP contribution is -2.58. The second-order valence-electron chi connectivity index (χ2n) is 7.28. The first kappa shape index (κ1) is 27.8. The molecule has 0 heterocycles. The Hall–Kier alpha value is -3.22. The standard InChI is InChI=1S/C18H32N6O7/c1-4-8(2)14(17(29)22-9(3)18(30)31)24-16(28)11(5-6-12(20)25)23-15(27)10(19)7-13(21)26/h8-11,14H,4-7,19H2,1-3H3,(H2,20,25)(H2,21,26)(H,22,29)(H,23,27)(H,24,28)(H,30,31). The molecular weight excluding hydrogens is 412 g/mol. The van der Waals surface area contributed by atoms with Crippen molar-refractivity contribution in [3.05, 3.63) is 0 Å². The van der Waals surface area contributed by atoms with Crippen LogP contribution in [0.25, 0.3) is 0 Å². The van der Waals surface area contributed by atoms with Crippen molar-refractivity contribution < 1.29 is 33.9 Å². The summed E-state index contributed by atoms with van der Waals surface area (Å²) in [6.45, 7) is 4.72. The van der Waals surface area contributed by atoms with Gasteiger partial charge in [-0.3, -0.25) is 28.8 Å². The van der Waals surface area contributed by atoms with Crippen LogP contribution in [0.2, 0.25) is 0 Å². The van der Waals surface area contributed by atoms with Crippen molar-refractivity contribution in [3.8, 4) is 0 Å². The molecular formula is C18H32N6O7. The fourth-order valence-electron chi connectivity index (χ4n) is 2.46. The minimum Gasteiger partial charge on any atom is -0.480 e. The van der Waals surface area contributed by atoms with Crippen LogP contribution in [-0.2, 0) is 28.8 Å². The SMILES string of the molecule is CCC(C)C(NC(=O)C(CCC(N)=O)NC(=O)C(N)CC(N)=O)C(=O)NC(C)C(=O)O. The van der Waals surface area contributed by atoms with E-state index >= 15 is 0 Å². The third-order valence-corrected chi connectivity index (χ3v) is 4.59. The molecule has 13 heteroatoms. The number of rotatable bonds is 14. The minimum atomic E-state index is -1.31. The predicted octanol–water partition coefficient (Wildman–Crippen LogP) is -2.94. The molecule has 0 saturated heterocycles. The molecule has 0 aliphatic heterocycles. The van der Waals surface area contributed by atoms with E-state index in [-0.39, 0.29) is 18.8 Å². The van der Waals surface area contributed by atoms with Crippen molar-refractivity contribution in [2.45, 2.75) is 70.6 Å². The molecule has 5 atom stereocenters. The van der Waals surface area contributed by atoms with E-state index in [1.165, 1.54) is 6.92 Å². The Balaban J connectivity index is 5.48. The van der Waals surface area contributed by atoms with E-state index in [2.05, 4.69) is 16.0 Å². The van der Waals surface area contributed by atoms with Gasteiger partial charge in [-0.1, -0.05) is 20.3 Å². The highest BCUT2D eigenvalue weighted by molar-refractivity contribution is 5.95. The highest BCUT2D eigenvalue weighted by atomic mass is 16.4. The summed E-state index contributed by atoms with van der Waals surface area (Å²) in [4.78, 5) is 70.6. The smallest absolute Gasteiger partial charge is 0.325 e. The zero-order chi connectivity index (χ0) is 24.3. The molecule has 5 unspecified atom stereocenters. The van der Waals surface area contributed by atoms with Crippen molar-refractivity contribution in [1.82, 2.24) is 16.0 Å². The average Bonchev–Trinajstić information content (AvgIpc) is 2.67. The highest BCUT2D eigenvalue weighted by Gasteiger charge is 2.32. The van der Waals surface area contributed by atoms with Crippen LogP contribution in [0.5, 0.6) is 0 Å². The zero-order valence-corrected chi connectivity index (χ0v) is 17.8. The van der Waals surface area contributed by atoms with Crippen molar-refractivity contribution in [1.29, 1.82) is 0 Å². The molecule has 13 nitrogen and oxygen atoms in total. The number of carboxylic acids is 1. The van der Waals surface area contributed by atoms with Gasteiger partial charge in [-0.2, -0.15) is 0 Å². The summed E-state index contributed by atoms with van der Waals surface area (Å²) in [6.07, 6.45) is -0.418. The van der Waals surface area contributed by atoms with E-state index in [1.54, 1.807) is 13.8 Å². The summed E-state index contributed by atoms with van der Waals surface area (Å²) in [5.74, 6) is -5.55. The first-order chi connectivity index (χ1) is 14.3. The lowest BCUT2D eigenvalue weighted by molar-refractivity contribution is -0.142. The average molecular weight is 444 g/mol. The first-order valence-corrected chi connectivity index (χ1v) is 9.76. The van der Waals surface area contributed by atoms with Crippen molar-refractivity contribution in [2.75, 3.05) is 0 Å². The first-order valence-electron chi connectivity index (χ1n) is 9.76. The summed E-state index contributed by atoms with van der Waals surface area (Å²) < 4.78 is 0. The summed E-state index contributed by atoms with van der Waals surface area (Å²) >= 11 is 0.